The van der Waals surface area contributed by atoms with Crippen molar-refractivity contribution in [3.8, 4) is 0 Å². The molecule has 0 rings (SSSR count). The lowest BCUT2D eigenvalue weighted by atomic mass is 9.97. The highest BCUT2D eigenvalue weighted by atomic mass is 32.2. The Bertz CT molecular complexity index is 214. The van der Waals surface area contributed by atoms with E-state index >= 15 is 0 Å². The van der Waals surface area contributed by atoms with Gasteiger partial charge in [-0.3, -0.25) is 4.79 Å². The van der Waals surface area contributed by atoms with Crippen molar-refractivity contribution in [3.63, 3.8) is 0 Å². The molecule has 0 aliphatic carbocycles. The number of allylic oxidation sites excluding steroid dienone is 1. The van der Waals surface area contributed by atoms with Gasteiger partial charge in [0, 0.05) is 23.7 Å². The number of rotatable bonds is 7. The van der Waals surface area contributed by atoms with Crippen LogP contribution in [0.4, 0.5) is 0 Å². The quantitative estimate of drug-likeness (QED) is 0.640. The molecule has 0 amide bonds. The molecule has 3 nitrogen and oxygen atoms in total. The fourth-order valence-corrected chi connectivity index (χ4v) is 1.75. The van der Waals surface area contributed by atoms with Crippen LogP contribution in [-0.2, 0) is 4.79 Å². The third-order valence-electron chi connectivity index (χ3n) is 1.72. The Labute approximate surface area is 90.0 Å². The minimum Gasteiger partial charge on any atom is -0.481 e. The zero-order valence-electron chi connectivity index (χ0n) is 9.09. The zero-order chi connectivity index (χ0) is 11.2. The van der Waals surface area contributed by atoms with E-state index in [1.807, 2.05) is 6.92 Å². The Morgan fingerprint density at radius 1 is 1.57 bits per heavy atom. The van der Waals surface area contributed by atoms with Gasteiger partial charge in [0.15, 0.2) is 0 Å². The second-order valence-corrected chi connectivity index (χ2v) is 5.05. The lowest BCUT2D eigenvalue weighted by molar-refractivity contribution is -0.145. The number of carbonyl (C=O) groups is 1. The Morgan fingerprint density at radius 3 is 2.57 bits per heavy atom. The van der Waals surface area contributed by atoms with Gasteiger partial charge in [-0.25, -0.2) is 0 Å². The van der Waals surface area contributed by atoms with Gasteiger partial charge in [-0.2, -0.15) is 11.8 Å². The van der Waals surface area contributed by atoms with Crippen molar-refractivity contribution in [2.24, 2.45) is 5.41 Å². The standard InChI is InChI=1S/C10H19NO2S/c1-8(2)11-5-6-14-7-10(3,4)9(12)13/h11H,1,5-7H2,2-4H3,(H,12,13). The lowest BCUT2D eigenvalue weighted by Gasteiger charge is -2.18. The molecule has 2 N–H and O–H groups in total. The van der Waals surface area contributed by atoms with E-state index in [0.29, 0.717) is 5.75 Å². The van der Waals surface area contributed by atoms with Crippen LogP contribution in [0.15, 0.2) is 12.3 Å². The van der Waals surface area contributed by atoms with Crippen LogP contribution in [0.2, 0.25) is 0 Å². The van der Waals surface area contributed by atoms with Crippen LogP contribution in [0.1, 0.15) is 20.8 Å². The largest absolute Gasteiger partial charge is 0.481 e. The number of nitrogens with one attached hydrogen (secondary N) is 1. The summed E-state index contributed by atoms with van der Waals surface area (Å²) in [5.41, 5.74) is 0.316. The van der Waals surface area contributed by atoms with Gasteiger partial charge < -0.3 is 10.4 Å². The van der Waals surface area contributed by atoms with E-state index in [0.717, 1.165) is 18.0 Å². The molecular formula is C10H19NO2S. The number of carboxylic acid groups (broad SMARTS) is 1. The molecule has 0 aliphatic heterocycles. The number of thioether (sulfide) groups is 1. The first-order valence-corrected chi connectivity index (χ1v) is 5.72. The summed E-state index contributed by atoms with van der Waals surface area (Å²) in [6.45, 7) is 9.96. The van der Waals surface area contributed by atoms with Crippen LogP contribution in [-0.4, -0.2) is 29.1 Å². The second-order valence-electron chi connectivity index (χ2n) is 3.95. The molecule has 0 aromatic rings. The first kappa shape index (κ1) is 13.4. The third-order valence-corrected chi connectivity index (χ3v) is 3.13. The number of hydrogen-bond donors (Lipinski definition) is 2. The molecule has 0 atom stereocenters. The normalized spacial score (nSPS) is 11.1. The van der Waals surface area contributed by atoms with Gasteiger partial charge in [0.25, 0.3) is 0 Å². The monoisotopic (exact) mass is 217 g/mol. The van der Waals surface area contributed by atoms with Gasteiger partial charge in [0.2, 0.25) is 0 Å². The van der Waals surface area contributed by atoms with Crippen LogP contribution in [0.5, 0.6) is 0 Å². The highest BCUT2D eigenvalue weighted by Gasteiger charge is 2.26. The molecular weight excluding hydrogens is 198 g/mol. The van der Waals surface area contributed by atoms with E-state index in [-0.39, 0.29) is 0 Å². The molecule has 0 aliphatic rings. The van der Waals surface area contributed by atoms with E-state index < -0.39 is 11.4 Å². The molecule has 0 fully saturated rings. The summed E-state index contributed by atoms with van der Waals surface area (Å²) >= 11 is 1.65. The Balaban J connectivity index is 3.54. The molecule has 0 heterocycles. The van der Waals surface area contributed by atoms with Crippen molar-refractivity contribution >= 4 is 17.7 Å². The summed E-state index contributed by atoms with van der Waals surface area (Å²) in [5.74, 6) is 0.807. The van der Waals surface area contributed by atoms with Gasteiger partial charge in [-0.1, -0.05) is 6.58 Å². The highest BCUT2D eigenvalue weighted by molar-refractivity contribution is 7.99. The Morgan fingerprint density at radius 2 is 2.14 bits per heavy atom. The minimum atomic E-state index is -0.738. The summed E-state index contributed by atoms with van der Waals surface area (Å²) in [6, 6.07) is 0. The van der Waals surface area contributed by atoms with E-state index in [9.17, 15) is 4.79 Å². The van der Waals surface area contributed by atoms with Gasteiger partial charge in [-0.05, 0) is 20.8 Å². The maximum absolute atomic E-state index is 10.7. The third kappa shape index (κ3) is 5.91. The summed E-state index contributed by atoms with van der Waals surface area (Å²) < 4.78 is 0. The summed E-state index contributed by atoms with van der Waals surface area (Å²) in [7, 11) is 0. The molecule has 0 unspecified atom stereocenters. The number of hydrogen-bond acceptors (Lipinski definition) is 3. The molecule has 82 valence electrons. The van der Waals surface area contributed by atoms with Crippen LogP contribution >= 0.6 is 11.8 Å². The molecule has 0 spiro atoms. The topological polar surface area (TPSA) is 49.3 Å². The van der Waals surface area contributed by atoms with E-state index in [1.54, 1.807) is 25.6 Å². The van der Waals surface area contributed by atoms with Crippen LogP contribution < -0.4 is 5.32 Å². The van der Waals surface area contributed by atoms with E-state index in [2.05, 4.69) is 11.9 Å². The lowest BCUT2D eigenvalue weighted by Crippen LogP contribution is -2.27. The van der Waals surface area contributed by atoms with Crippen LogP contribution in [0, 0.1) is 5.41 Å². The maximum atomic E-state index is 10.7. The molecule has 0 aromatic carbocycles. The Kier molecular flexibility index (Phi) is 5.69. The van der Waals surface area contributed by atoms with Crippen molar-refractivity contribution < 1.29 is 9.90 Å². The van der Waals surface area contributed by atoms with Gasteiger partial charge in [0.1, 0.15) is 0 Å². The second kappa shape index (κ2) is 5.96. The van der Waals surface area contributed by atoms with Crippen molar-refractivity contribution in [2.45, 2.75) is 20.8 Å². The van der Waals surface area contributed by atoms with Crippen molar-refractivity contribution in [1.82, 2.24) is 5.32 Å². The smallest absolute Gasteiger partial charge is 0.309 e. The summed E-state index contributed by atoms with van der Waals surface area (Å²) in [4.78, 5) is 10.7. The molecule has 0 radical (unpaired) electrons. The first-order chi connectivity index (χ1) is 6.36. The average molecular weight is 217 g/mol. The van der Waals surface area contributed by atoms with E-state index in [1.165, 1.54) is 0 Å². The molecule has 0 saturated carbocycles. The SMILES string of the molecule is C=C(C)NCCSCC(C)(C)C(=O)O. The predicted molar refractivity (Wildman–Crippen MR) is 61.6 cm³/mol. The fraction of sp³-hybridized carbons (Fsp3) is 0.700. The minimum absolute atomic E-state index is 0.631. The van der Waals surface area contributed by atoms with Crippen molar-refractivity contribution in [3.05, 3.63) is 12.3 Å². The van der Waals surface area contributed by atoms with Crippen molar-refractivity contribution in [1.29, 1.82) is 0 Å². The average Bonchev–Trinajstić information content (AvgIpc) is 2.02. The maximum Gasteiger partial charge on any atom is 0.309 e. The highest BCUT2D eigenvalue weighted by Crippen LogP contribution is 2.21. The molecule has 14 heavy (non-hydrogen) atoms. The number of carboxylic acids is 1. The summed E-state index contributed by atoms with van der Waals surface area (Å²) in [6.07, 6.45) is 0. The molecule has 0 bridgehead atoms. The van der Waals surface area contributed by atoms with E-state index in [4.69, 9.17) is 5.11 Å². The van der Waals surface area contributed by atoms with Gasteiger partial charge >= 0.3 is 5.97 Å². The van der Waals surface area contributed by atoms with Crippen molar-refractivity contribution in [2.75, 3.05) is 18.1 Å². The molecule has 0 saturated heterocycles. The number of aliphatic carboxylic acids is 1. The summed E-state index contributed by atoms with van der Waals surface area (Å²) in [5, 5.41) is 11.9. The zero-order valence-corrected chi connectivity index (χ0v) is 9.91. The van der Waals surface area contributed by atoms with Crippen LogP contribution in [0.3, 0.4) is 0 Å². The first-order valence-electron chi connectivity index (χ1n) is 4.57. The molecule has 4 heteroatoms. The molecule has 0 aromatic heterocycles. The van der Waals surface area contributed by atoms with Gasteiger partial charge in [-0.15, -0.1) is 0 Å². The predicted octanol–water partition coefficient (Wildman–Crippen LogP) is 1.95. The fourth-order valence-electron chi connectivity index (χ4n) is 0.726. The van der Waals surface area contributed by atoms with Crippen LogP contribution in [0.25, 0.3) is 0 Å². The Hall–Kier alpha value is -0.640. The van der Waals surface area contributed by atoms with Gasteiger partial charge in [0.05, 0.1) is 5.41 Å².